The fraction of sp³-hybridized carbons (Fsp3) is 0.500. The van der Waals surface area contributed by atoms with Gasteiger partial charge < -0.3 is 19.5 Å². The number of para-hydroxylation sites is 1. The summed E-state index contributed by atoms with van der Waals surface area (Å²) in [5, 5.41) is 3.35. The predicted molar refractivity (Wildman–Crippen MR) is 60.8 cm³/mol. The minimum absolute atomic E-state index is 0.329. The molecule has 1 N–H and O–H groups in total. The van der Waals surface area contributed by atoms with E-state index in [2.05, 4.69) is 11.4 Å². The van der Waals surface area contributed by atoms with Gasteiger partial charge in [0.15, 0.2) is 11.5 Å². The van der Waals surface area contributed by atoms with Gasteiger partial charge in [0, 0.05) is 25.8 Å². The number of methoxy groups -OCH3 is 1. The molecule has 0 aromatic heterocycles. The topological polar surface area (TPSA) is 39.7 Å². The Kier molecular flexibility index (Phi) is 4.02. The highest BCUT2D eigenvalue weighted by Gasteiger charge is 2.16. The molecule has 0 aliphatic carbocycles. The molecule has 4 heteroatoms. The van der Waals surface area contributed by atoms with Crippen molar-refractivity contribution in [1.82, 2.24) is 5.32 Å². The Labute approximate surface area is 95.5 Å². The zero-order valence-corrected chi connectivity index (χ0v) is 9.49. The van der Waals surface area contributed by atoms with Crippen molar-refractivity contribution in [2.24, 2.45) is 0 Å². The molecular weight excluding hydrogens is 206 g/mol. The number of rotatable bonds is 6. The summed E-state index contributed by atoms with van der Waals surface area (Å²) in [6.07, 6.45) is 1.02. The molecule has 0 atom stereocenters. The van der Waals surface area contributed by atoms with Crippen LogP contribution in [0, 0.1) is 0 Å². The Morgan fingerprint density at radius 3 is 3.19 bits per heavy atom. The number of hydrogen-bond donors (Lipinski definition) is 1. The van der Waals surface area contributed by atoms with Crippen molar-refractivity contribution < 1.29 is 14.2 Å². The van der Waals surface area contributed by atoms with Crippen LogP contribution >= 0.6 is 0 Å². The van der Waals surface area contributed by atoms with Gasteiger partial charge in [-0.1, -0.05) is 12.1 Å². The van der Waals surface area contributed by atoms with E-state index < -0.39 is 0 Å². The van der Waals surface area contributed by atoms with Crippen LogP contribution in [0.2, 0.25) is 0 Å². The standard InChI is InChI=1S/C12H17NO3/c1-14-7-3-6-13-8-10-4-2-5-11-12(10)16-9-15-11/h2,4-5,13H,3,6-9H2,1H3. The third-order valence-corrected chi connectivity index (χ3v) is 2.50. The average molecular weight is 223 g/mol. The van der Waals surface area contributed by atoms with Gasteiger partial charge in [-0.15, -0.1) is 0 Å². The minimum Gasteiger partial charge on any atom is -0.454 e. The molecule has 1 aromatic rings. The van der Waals surface area contributed by atoms with Crippen LogP contribution in [0.4, 0.5) is 0 Å². The van der Waals surface area contributed by atoms with Crippen molar-refractivity contribution in [2.45, 2.75) is 13.0 Å². The molecule has 2 rings (SSSR count). The Hall–Kier alpha value is -1.26. The van der Waals surface area contributed by atoms with E-state index in [9.17, 15) is 0 Å². The second-order valence-corrected chi connectivity index (χ2v) is 3.67. The van der Waals surface area contributed by atoms with Gasteiger partial charge in [-0.05, 0) is 19.0 Å². The molecule has 0 bridgehead atoms. The lowest BCUT2D eigenvalue weighted by Crippen LogP contribution is -2.16. The zero-order valence-electron chi connectivity index (χ0n) is 9.49. The summed E-state index contributed by atoms with van der Waals surface area (Å²) in [4.78, 5) is 0. The van der Waals surface area contributed by atoms with Crippen LogP contribution in [0.3, 0.4) is 0 Å². The van der Waals surface area contributed by atoms with E-state index in [-0.39, 0.29) is 0 Å². The molecule has 16 heavy (non-hydrogen) atoms. The largest absolute Gasteiger partial charge is 0.454 e. The Morgan fingerprint density at radius 1 is 1.38 bits per heavy atom. The van der Waals surface area contributed by atoms with Crippen molar-refractivity contribution in [3.8, 4) is 11.5 Å². The van der Waals surface area contributed by atoms with Crippen LogP contribution in [0.1, 0.15) is 12.0 Å². The lowest BCUT2D eigenvalue weighted by Gasteiger charge is -2.07. The van der Waals surface area contributed by atoms with Crippen LogP contribution in [-0.4, -0.2) is 27.1 Å². The summed E-state index contributed by atoms with van der Waals surface area (Å²) < 4.78 is 15.7. The summed E-state index contributed by atoms with van der Waals surface area (Å²) in [5.74, 6) is 1.72. The molecule has 88 valence electrons. The monoisotopic (exact) mass is 223 g/mol. The molecule has 0 fully saturated rings. The van der Waals surface area contributed by atoms with E-state index in [0.29, 0.717) is 6.79 Å². The van der Waals surface area contributed by atoms with Crippen molar-refractivity contribution in [3.63, 3.8) is 0 Å². The van der Waals surface area contributed by atoms with Gasteiger partial charge in [-0.25, -0.2) is 0 Å². The quantitative estimate of drug-likeness (QED) is 0.743. The van der Waals surface area contributed by atoms with Gasteiger partial charge in [0.25, 0.3) is 0 Å². The zero-order chi connectivity index (χ0) is 11.2. The summed E-state index contributed by atoms with van der Waals surface area (Å²) in [7, 11) is 1.72. The summed E-state index contributed by atoms with van der Waals surface area (Å²) in [6.45, 7) is 2.87. The molecule has 0 unspecified atom stereocenters. The maximum Gasteiger partial charge on any atom is 0.231 e. The number of benzene rings is 1. The number of ether oxygens (including phenoxy) is 3. The van der Waals surface area contributed by atoms with Crippen LogP contribution < -0.4 is 14.8 Å². The average Bonchev–Trinajstić information content (AvgIpc) is 2.77. The van der Waals surface area contributed by atoms with Crippen LogP contribution in [-0.2, 0) is 11.3 Å². The Balaban J connectivity index is 1.83. The van der Waals surface area contributed by atoms with E-state index in [1.165, 1.54) is 0 Å². The van der Waals surface area contributed by atoms with Gasteiger partial charge in [0.1, 0.15) is 0 Å². The van der Waals surface area contributed by atoms with Crippen LogP contribution in [0.25, 0.3) is 0 Å². The van der Waals surface area contributed by atoms with Crippen molar-refractivity contribution in [2.75, 3.05) is 27.1 Å². The molecule has 1 aliphatic rings. The first kappa shape index (κ1) is 11.2. The summed E-state index contributed by atoms with van der Waals surface area (Å²) in [6, 6.07) is 5.97. The first-order valence-corrected chi connectivity index (χ1v) is 5.49. The molecular formula is C12H17NO3. The Bertz CT molecular complexity index is 341. The lowest BCUT2D eigenvalue weighted by molar-refractivity contribution is 0.173. The smallest absolute Gasteiger partial charge is 0.231 e. The first-order valence-electron chi connectivity index (χ1n) is 5.49. The fourth-order valence-corrected chi connectivity index (χ4v) is 1.69. The van der Waals surface area contributed by atoms with Gasteiger partial charge in [0.2, 0.25) is 6.79 Å². The van der Waals surface area contributed by atoms with Crippen LogP contribution in [0.5, 0.6) is 11.5 Å². The van der Waals surface area contributed by atoms with E-state index in [0.717, 1.165) is 43.2 Å². The lowest BCUT2D eigenvalue weighted by atomic mass is 10.2. The Morgan fingerprint density at radius 2 is 2.31 bits per heavy atom. The summed E-state index contributed by atoms with van der Waals surface area (Å²) in [5.41, 5.74) is 1.15. The molecule has 4 nitrogen and oxygen atoms in total. The molecule has 1 heterocycles. The van der Waals surface area contributed by atoms with Gasteiger partial charge in [-0.3, -0.25) is 0 Å². The SMILES string of the molecule is COCCCNCc1cccc2c1OCO2. The third kappa shape index (κ3) is 2.65. The molecule has 0 amide bonds. The number of fused-ring (bicyclic) bond motifs is 1. The van der Waals surface area contributed by atoms with E-state index in [4.69, 9.17) is 14.2 Å². The highest BCUT2D eigenvalue weighted by atomic mass is 16.7. The molecule has 0 saturated carbocycles. The number of nitrogens with one attached hydrogen (secondary N) is 1. The minimum atomic E-state index is 0.329. The maximum absolute atomic E-state index is 5.42. The molecule has 0 saturated heterocycles. The summed E-state index contributed by atoms with van der Waals surface area (Å²) >= 11 is 0. The first-order chi connectivity index (χ1) is 7.92. The second kappa shape index (κ2) is 5.72. The van der Waals surface area contributed by atoms with Gasteiger partial charge in [-0.2, -0.15) is 0 Å². The van der Waals surface area contributed by atoms with E-state index >= 15 is 0 Å². The molecule has 0 spiro atoms. The van der Waals surface area contributed by atoms with Crippen molar-refractivity contribution >= 4 is 0 Å². The van der Waals surface area contributed by atoms with Crippen molar-refractivity contribution in [3.05, 3.63) is 23.8 Å². The molecule has 1 aromatic carbocycles. The highest BCUT2D eigenvalue weighted by Crippen LogP contribution is 2.35. The maximum atomic E-state index is 5.42. The van der Waals surface area contributed by atoms with E-state index in [1.54, 1.807) is 7.11 Å². The van der Waals surface area contributed by atoms with E-state index in [1.807, 2.05) is 12.1 Å². The second-order valence-electron chi connectivity index (χ2n) is 3.67. The predicted octanol–water partition coefficient (Wildman–Crippen LogP) is 1.54. The third-order valence-electron chi connectivity index (χ3n) is 2.50. The van der Waals surface area contributed by atoms with Crippen LogP contribution in [0.15, 0.2) is 18.2 Å². The normalized spacial score (nSPS) is 13.1. The van der Waals surface area contributed by atoms with Gasteiger partial charge in [0.05, 0.1) is 0 Å². The van der Waals surface area contributed by atoms with Crippen molar-refractivity contribution in [1.29, 1.82) is 0 Å². The van der Waals surface area contributed by atoms with Gasteiger partial charge >= 0.3 is 0 Å². The molecule has 0 radical (unpaired) electrons. The number of hydrogen-bond acceptors (Lipinski definition) is 4. The molecule has 1 aliphatic heterocycles. The fourth-order valence-electron chi connectivity index (χ4n) is 1.69. The highest BCUT2D eigenvalue weighted by molar-refractivity contribution is 5.47.